The molecule has 2 aromatic carbocycles. The molecule has 26 heavy (non-hydrogen) atoms. The van der Waals surface area contributed by atoms with Crippen LogP contribution in [0, 0.1) is 11.6 Å². The zero-order chi connectivity index (χ0) is 18.7. The first-order valence-corrected chi connectivity index (χ1v) is 7.73. The maximum Gasteiger partial charge on any atom is 0.268 e. The predicted octanol–water partition coefficient (Wildman–Crippen LogP) is 3.11. The molecule has 1 aliphatic heterocycles. The molecule has 0 aliphatic carbocycles. The quantitative estimate of drug-likeness (QED) is 0.887. The fourth-order valence-corrected chi connectivity index (χ4v) is 2.60. The number of anilines is 1. The Morgan fingerprint density at radius 2 is 2.04 bits per heavy atom. The highest BCUT2D eigenvalue weighted by Crippen LogP contribution is 2.33. The summed E-state index contributed by atoms with van der Waals surface area (Å²) in [4.78, 5) is 17.5. The highest BCUT2D eigenvalue weighted by molar-refractivity contribution is 6.08. The second-order valence-corrected chi connectivity index (χ2v) is 5.49. The number of amides is 1. The standard InChI is InChI=1S/C18H16F2N2O4/c1-24-15-5-3-4-11(17(15)25-2)14-9-16(26-22-14)18(23)21-13-7-6-10(19)8-12(13)20/h3-8,16H,9H2,1-2H3,(H,21,23). The van der Waals surface area contributed by atoms with E-state index in [0.29, 0.717) is 28.8 Å². The number of nitrogens with one attached hydrogen (secondary N) is 1. The van der Waals surface area contributed by atoms with Crippen molar-refractivity contribution in [3.63, 3.8) is 0 Å². The molecule has 1 atom stereocenters. The molecule has 8 heteroatoms. The van der Waals surface area contributed by atoms with E-state index < -0.39 is 23.6 Å². The fourth-order valence-electron chi connectivity index (χ4n) is 2.60. The van der Waals surface area contributed by atoms with Crippen LogP contribution >= 0.6 is 0 Å². The average molecular weight is 362 g/mol. The highest BCUT2D eigenvalue weighted by atomic mass is 19.1. The number of hydrogen-bond acceptors (Lipinski definition) is 5. The Morgan fingerprint density at radius 1 is 1.23 bits per heavy atom. The number of nitrogens with zero attached hydrogens (tertiary/aromatic N) is 1. The van der Waals surface area contributed by atoms with E-state index in [1.807, 2.05) is 0 Å². The van der Waals surface area contributed by atoms with Crippen LogP contribution in [0.2, 0.25) is 0 Å². The largest absolute Gasteiger partial charge is 0.493 e. The lowest BCUT2D eigenvalue weighted by Crippen LogP contribution is -2.28. The number of ether oxygens (including phenoxy) is 2. The van der Waals surface area contributed by atoms with Crippen molar-refractivity contribution < 1.29 is 27.9 Å². The van der Waals surface area contributed by atoms with E-state index in [0.717, 1.165) is 12.1 Å². The first-order valence-electron chi connectivity index (χ1n) is 7.73. The summed E-state index contributed by atoms with van der Waals surface area (Å²) in [7, 11) is 3.02. The molecule has 0 bridgehead atoms. The van der Waals surface area contributed by atoms with Crippen LogP contribution in [0.3, 0.4) is 0 Å². The number of hydrogen-bond donors (Lipinski definition) is 1. The monoisotopic (exact) mass is 362 g/mol. The van der Waals surface area contributed by atoms with Crippen molar-refractivity contribution in [2.75, 3.05) is 19.5 Å². The van der Waals surface area contributed by atoms with E-state index in [9.17, 15) is 13.6 Å². The molecular formula is C18H16F2N2O4. The van der Waals surface area contributed by atoms with Gasteiger partial charge in [-0.2, -0.15) is 0 Å². The summed E-state index contributed by atoms with van der Waals surface area (Å²) in [5, 5.41) is 6.30. The van der Waals surface area contributed by atoms with Crippen LogP contribution in [0.5, 0.6) is 11.5 Å². The van der Waals surface area contributed by atoms with Gasteiger partial charge in [-0.05, 0) is 24.3 Å². The summed E-state index contributed by atoms with van der Waals surface area (Å²) in [6, 6.07) is 8.15. The van der Waals surface area contributed by atoms with Crippen molar-refractivity contribution in [3.8, 4) is 11.5 Å². The summed E-state index contributed by atoms with van der Waals surface area (Å²) >= 11 is 0. The maximum absolute atomic E-state index is 13.7. The van der Waals surface area contributed by atoms with Crippen LogP contribution in [0.25, 0.3) is 0 Å². The first-order chi connectivity index (χ1) is 12.5. The van der Waals surface area contributed by atoms with Crippen molar-refractivity contribution in [2.45, 2.75) is 12.5 Å². The van der Waals surface area contributed by atoms with Gasteiger partial charge < -0.3 is 19.6 Å². The first kappa shape index (κ1) is 17.7. The van der Waals surface area contributed by atoms with Crippen LogP contribution in [0.1, 0.15) is 12.0 Å². The molecule has 0 radical (unpaired) electrons. The number of para-hydroxylation sites is 1. The molecule has 0 spiro atoms. The molecule has 1 aliphatic rings. The van der Waals surface area contributed by atoms with Gasteiger partial charge in [-0.25, -0.2) is 8.78 Å². The van der Waals surface area contributed by atoms with E-state index in [4.69, 9.17) is 14.3 Å². The van der Waals surface area contributed by atoms with Gasteiger partial charge in [-0.1, -0.05) is 11.2 Å². The van der Waals surface area contributed by atoms with Crippen LogP contribution < -0.4 is 14.8 Å². The van der Waals surface area contributed by atoms with Crippen molar-refractivity contribution in [1.82, 2.24) is 0 Å². The number of oxime groups is 1. The van der Waals surface area contributed by atoms with Gasteiger partial charge in [0.15, 0.2) is 11.5 Å². The Morgan fingerprint density at radius 3 is 2.73 bits per heavy atom. The zero-order valence-electron chi connectivity index (χ0n) is 14.1. The topological polar surface area (TPSA) is 69.2 Å². The Hall–Kier alpha value is -3.16. The molecule has 3 rings (SSSR count). The number of methoxy groups -OCH3 is 2. The second-order valence-electron chi connectivity index (χ2n) is 5.49. The van der Waals surface area contributed by atoms with Crippen LogP contribution in [0.4, 0.5) is 14.5 Å². The summed E-state index contributed by atoms with van der Waals surface area (Å²) in [6.07, 6.45) is -0.775. The molecule has 0 saturated heterocycles. The molecule has 1 amide bonds. The third kappa shape index (κ3) is 3.44. The Balaban J connectivity index is 1.73. The third-order valence-corrected chi connectivity index (χ3v) is 3.86. The van der Waals surface area contributed by atoms with Gasteiger partial charge in [0.2, 0.25) is 6.10 Å². The van der Waals surface area contributed by atoms with E-state index >= 15 is 0 Å². The van der Waals surface area contributed by atoms with Crippen LogP contribution in [-0.4, -0.2) is 31.9 Å². The summed E-state index contributed by atoms with van der Waals surface area (Å²) in [5.41, 5.74) is 1.00. The van der Waals surface area contributed by atoms with Crippen molar-refractivity contribution >= 4 is 17.3 Å². The van der Waals surface area contributed by atoms with Gasteiger partial charge in [-0.15, -0.1) is 0 Å². The number of carbonyl (C=O) groups excluding carboxylic acids is 1. The molecule has 1 unspecified atom stereocenters. The lowest BCUT2D eigenvalue weighted by atomic mass is 10.0. The van der Waals surface area contributed by atoms with Gasteiger partial charge in [0.25, 0.3) is 5.91 Å². The van der Waals surface area contributed by atoms with Crippen molar-refractivity contribution in [2.24, 2.45) is 5.16 Å². The minimum Gasteiger partial charge on any atom is -0.493 e. The second kappa shape index (κ2) is 7.38. The molecule has 0 aromatic heterocycles. The normalized spacial score (nSPS) is 15.8. The van der Waals surface area contributed by atoms with Gasteiger partial charge in [-0.3, -0.25) is 4.79 Å². The molecule has 0 saturated carbocycles. The van der Waals surface area contributed by atoms with E-state index in [2.05, 4.69) is 10.5 Å². The Labute approximate surface area is 148 Å². The summed E-state index contributed by atoms with van der Waals surface area (Å²) in [6.45, 7) is 0. The van der Waals surface area contributed by atoms with Crippen LogP contribution in [0.15, 0.2) is 41.6 Å². The smallest absolute Gasteiger partial charge is 0.268 e. The number of rotatable bonds is 5. The van der Waals surface area contributed by atoms with Gasteiger partial charge >= 0.3 is 0 Å². The summed E-state index contributed by atoms with van der Waals surface area (Å²) in [5.74, 6) is -1.19. The molecule has 0 fully saturated rings. The average Bonchev–Trinajstić information content (AvgIpc) is 3.13. The van der Waals surface area contributed by atoms with Crippen molar-refractivity contribution in [3.05, 3.63) is 53.6 Å². The molecule has 136 valence electrons. The fraction of sp³-hybridized carbons (Fsp3) is 0.222. The lowest BCUT2D eigenvalue weighted by molar-refractivity contribution is -0.125. The highest BCUT2D eigenvalue weighted by Gasteiger charge is 2.31. The van der Waals surface area contributed by atoms with Crippen molar-refractivity contribution in [1.29, 1.82) is 0 Å². The third-order valence-electron chi connectivity index (χ3n) is 3.86. The lowest BCUT2D eigenvalue weighted by Gasteiger charge is -2.12. The minimum absolute atomic E-state index is 0.132. The Bertz CT molecular complexity index is 870. The number of halogens is 2. The number of benzene rings is 2. The zero-order valence-corrected chi connectivity index (χ0v) is 14.1. The summed E-state index contributed by atoms with van der Waals surface area (Å²) < 4.78 is 37.2. The van der Waals surface area contributed by atoms with Gasteiger partial charge in [0.05, 0.1) is 25.6 Å². The van der Waals surface area contributed by atoms with E-state index in [1.54, 1.807) is 18.2 Å². The molecule has 6 nitrogen and oxygen atoms in total. The Kier molecular flexibility index (Phi) is 5.01. The molecule has 1 heterocycles. The van der Waals surface area contributed by atoms with Gasteiger partial charge in [0, 0.05) is 18.1 Å². The molecule has 2 aromatic rings. The maximum atomic E-state index is 13.7. The molecular weight excluding hydrogens is 346 g/mol. The minimum atomic E-state index is -0.939. The SMILES string of the molecule is COc1cccc(C2=NOC(C(=O)Nc3ccc(F)cc3F)C2)c1OC. The number of carbonyl (C=O) groups is 1. The van der Waals surface area contributed by atoms with Gasteiger partial charge in [0.1, 0.15) is 11.6 Å². The van der Waals surface area contributed by atoms with E-state index in [1.165, 1.54) is 14.2 Å². The molecule has 1 N–H and O–H groups in total. The van der Waals surface area contributed by atoms with E-state index in [-0.39, 0.29) is 12.1 Å². The van der Waals surface area contributed by atoms with Crippen LogP contribution in [-0.2, 0) is 9.63 Å². The predicted molar refractivity (Wildman–Crippen MR) is 90.6 cm³/mol.